The SMILES string of the molecule is N#CC1=CC[C@]23C=C(S(=O)(=O)c4ccc(Cl)cc4)C[C@]12CCC3. The highest BCUT2D eigenvalue weighted by molar-refractivity contribution is 7.95. The normalized spacial score (nSPS) is 32.0. The topological polar surface area (TPSA) is 57.9 Å². The molecule has 1 saturated carbocycles. The van der Waals surface area contributed by atoms with Crippen LogP contribution in [0.2, 0.25) is 5.02 Å². The minimum absolute atomic E-state index is 0.160. The van der Waals surface area contributed by atoms with Crippen molar-refractivity contribution in [1.82, 2.24) is 0 Å². The van der Waals surface area contributed by atoms with Gasteiger partial charge in [0.2, 0.25) is 9.84 Å². The highest BCUT2D eigenvalue weighted by atomic mass is 35.5. The molecule has 2 atom stereocenters. The zero-order chi connectivity index (χ0) is 16.3. The van der Waals surface area contributed by atoms with E-state index in [2.05, 4.69) is 6.07 Å². The van der Waals surface area contributed by atoms with Crippen LogP contribution in [0.4, 0.5) is 0 Å². The van der Waals surface area contributed by atoms with E-state index in [-0.39, 0.29) is 15.7 Å². The lowest BCUT2D eigenvalue weighted by Crippen LogP contribution is -2.29. The van der Waals surface area contributed by atoms with Crippen molar-refractivity contribution in [3.05, 3.63) is 51.9 Å². The summed E-state index contributed by atoms with van der Waals surface area (Å²) in [6, 6.07) is 8.64. The number of benzene rings is 1. The average molecular weight is 346 g/mol. The Morgan fingerprint density at radius 3 is 2.61 bits per heavy atom. The quantitative estimate of drug-likeness (QED) is 0.797. The minimum Gasteiger partial charge on any atom is -0.219 e. The van der Waals surface area contributed by atoms with E-state index in [0.717, 1.165) is 31.3 Å². The summed E-state index contributed by atoms with van der Waals surface area (Å²) in [5.74, 6) is 0. The van der Waals surface area contributed by atoms with E-state index >= 15 is 0 Å². The van der Waals surface area contributed by atoms with Crippen LogP contribution >= 0.6 is 11.6 Å². The highest BCUT2D eigenvalue weighted by Gasteiger charge is 2.62. The summed E-state index contributed by atoms with van der Waals surface area (Å²) < 4.78 is 26.0. The van der Waals surface area contributed by atoms with Gasteiger partial charge in [-0.15, -0.1) is 0 Å². The second-order valence-electron chi connectivity index (χ2n) is 6.77. The molecule has 0 aromatic heterocycles. The Morgan fingerprint density at radius 1 is 1.17 bits per heavy atom. The van der Waals surface area contributed by atoms with Gasteiger partial charge < -0.3 is 0 Å². The third kappa shape index (κ3) is 1.84. The van der Waals surface area contributed by atoms with Gasteiger partial charge in [-0.2, -0.15) is 5.26 Å². The third-order valence-corrected chi connectivity index (χ3v) is 7.97. The molecule has 3 aliphatic rings. The van der Waals surface area contributed by atoms with E-state index in [0.29, 0.717) is 16.3 Å². The highest BCUT2D eigenvalue weighted by Crippen LogP contribution is 2.70. The van der Waals surface area contributed by atoms with Gasteiger partial charge in [0.25, 0.3) is 0 Å². The molecule has 4 rings (SSSR count). The molecule has 3 aliphatic carbocycles. The number of hydrogen-bond acceptors (Lipinski definition) is 3. The Kier molecular flexibility index (Phi) is 3.07. The van der Waals surface area contributed by atoms with Crippen molar-refractivity contribution in [2.75, 3.05) is 0 Å². The van der Waals surface area contributed by atoms with Gasteiger partial charge in [-0.25, -0.2) is 8.42 Å². The second-order valence-corrected chi connectivity index (χ2v) is 9.21. The number of allylic oxidation sites excluding steroid dienone is 4. The van der Waals surface area contributed by atoms with Crippen LogP contribution in [-0.2, 0) is 9.84 Å². The average Bonchev–Trinajstić information content (AvgIpc) is 3.09. The molecule has 0 unspecified atom stereocenters. The van der Waals surface area contributed by atoms with Gasteiger partial charge in [-0.3, -0.25) is 0 Å². The van der Waals surface area contributed by atoms with Crippen LogP contribution in [0.25, 0.3) is 0 Å². The monoisotopic (exact) mass is 345 g/mol. The van der Waals surface area contributed by atoms with Crippen molar-refractivity contribution >= 4 is 21.4 Å². The maximum atomic E-state index is 13.0. The van der Waals surface area contributed by atoms with Crippen molar-refractivity contribution < 1.29 is 8.42 Å². The van der Waals surface area contributed by atoms with Crippen LogP contribution in [0.15, 0.2) is 51.8 Å². The molecular formula is C18H16ClNO2S. The van der Waals surface area contributed by atoms with Crippen LogP contribution in [0.3, 0.4) is 0 Å². The largest absolute Gasteiger partial charge is 0.219 e. The predicted octanol–water partition coefficient (Wildman–Crippen LogP) is 4.41. The maximum absolute atomic E-state index is 13.0. The predicted molar refractivity (Wildman–Crippen MR) is 88.4 cm³/mol. The summed E-state index contributed by atoms with van der Waals surface area (Å²) in [6.07, 6.45) is 8.15. The Balaban J connectivity index is 1.79. The number of nitriles is 1. The summed E-state index contributed by atoms with van der Waals surface area (Å²) in [5.41, 5.74) is 0.344. The van der Waals surface area contributed by atoms with Crippen molar-refractivity contribution in [2.45, 2.75) is 37.0 Å². The lowest BCUT2D eigenvalue weighted by atomic mass is 9.67. The number of nitrogens with zero attached hydrogens (tertiary/aromatic N) is 1. The summed E-state index contributed by atoms with van der Waals surface area (Å²) >= 11 is 5.86. The van der Waals surface area contributed by atoms with Crippen LogP contribution < -0.4 is 0 Å². The molecule has 1 aromatic carbocycles. The first-order valence-electron chi connectivity index (χ1n) is 7.77. The summed E-state index contributed by atoms with van der Waals surface area (Å²) in [6.45, 7) is 0. The summed E-state index contributed by atoms with van der Waals surface area (Å²) in [4.78, 5) is 0.752. The Bertz CT molecular complexity index is 892. The molecule has 0 spiro atoms. The lowest BCUT2D eigenvalue weighted by molar-refractivity contribution is 0.222. The Labute approximate surface area is 141 Å². The summed E-state index contributed by atoms with van der Waals surface area (Å²) in [5, 5.41) is 10.0. The van der Waals surface area contributed by atoms with Crippen LogP contribution in [0.5, 0.6) is 0 Å². The van der Waals surface area contributed by atoms with Crippen molar-refractivity contribution in [3.8, 4) is 6.07 Å². The molecule has 0 bridgehead atoms. The molecule has 1 fully saturated rings. The first-order valence-corrected chi connectivity index (χ1v) is 9.63. The lowest BCUT2D eigenvalue weighted by Gasteiger charge is -2.34. The van der Waals surface area contributed by atoms with Crippen molar-refractivity contribution in [2.24, 2.45) is 10.8 Å². The molecule has 0 aliphatic heterocycles. The summed E-state index contributed by atoms with van der Waals surface area (Å²) in [7, 11) is -3.52. The van der Waals surface area contributed by atoms with Gasteiger partial charge in [0, 0.05) is 26.3 Å². The molecule has 0 N–H and O–H groups in total. The van der Waals surface area contributed by atoms with Gasteiger partial charge in [-0.1, -0.05) is 30.2 Å². The molecular weight excluding hydrogens is 330 g/mol. The molecule has 0 amide bonds. The minimum atomic E-state index is -3.52. The van der Waals surface area contributed by atoms with E-state index in [4.69, 9.17) is 11.6 Å². The molecule has 118 valence electrons. The molecule has 23 heavy (non-hydrogen) atoms. The third-order valence-electron chi connectivity index (χ3n) is 5.87. The van der Waals surface area contributed by atoms with Crippen LogP contribution in [0.1, 0.15) is 32.1 Å². The number of hydrogen-bond donors (Lipinski definition) is 0. The Hall–Kier alpha value is -1.57. The second kappa shape index (κ2) is 4.72. The molecule has 5 heteroatoms. The number of halogens is 1. The molecule has 1 aromatic rings. The molecule has 0 radical (unpaired) electrons. The number of rotatable bonds is 2. The Morgan fingerprint density at radius 2 is 1.91 bits per heavy atom. The van der Waals surface area contributed by atoms with Gasteiger partial charge in [-0.05, 0) is 49.9 Å². The van der Waals surface area contributed by atoms with Gasteiger partial charge in [0.05, 0.1) is 11.0 Å². The van der Waals surface area contributed by atoms with E-state index in [9.17, 15) is 13.7 Å². The number of sulfone groups is 1. The van der Waals surface area contributed by atoms with E-state index < -0.39 is 9.84 Å². The first kappa shape index (κ1) is 15.0. The van der Waals surface area contributed by atoms with E-state index in [1.54, 1.807) is 24.3 Å². The smallest absolute Gasteiger partial charge is 0.202 e. The fraction of sp³-hybridized carbons (Fsp3) is 0.389. The molecule has 3 nitrogen and oxygen atoms in total. The van der Waals surface area contributed by atoms with E-state index in [1.807, 2.05) is 12.2 Å². The zero-order valence-corrected chi connectivity index (χ0v) is 14.1. The zero-order valence-electron chi connectivity index (χ0n) is 12.5. The van der Waals surface area contributed by atoms with Gasteiger partial charge in [0.1, 0.15) is 0 Å². The van der Waals surface area contributed by atoms with Crippen LogP contribution in [0, 0.1) is 22.2 Å². The van der Waals surface area contributed by atoms with E-state index in [1.165, 1.54) is 0 Å². The van der Waals surface area contributed by atoms with Crippen molar-refractivity contribution in [3.63, 3.8) is 0 Å². The fourth-order valence-corrected chi connectivity index (χ4v) is 6.49. The standard InChI is InChI=1S/C18H16ClNO2S/c19-14-2-4-15(5-3-14)23(21,22)16-10-17-7-1-8-18(17,11-16)13(12-20)6-9-17/h2-6,10H,1,7-9,11H2/t17-,18-/m1/s1. The van der Waals surface area contributed by atoms with Gasteiger partial charge in [0.15, 0.2) is 0 Å². The molecule has 0 heterocycles. The maximum Gasteiger partial charge on any atom is 0.202 e. The van der Waals surface area contributed by atoms with Gasteiger partial charge >= 0.3 is 0 Å². The van der Waals surface area contributed by atoms with Crippen LogP contribution in [-0.4, -0.2) is 8.42 Å². The van der Waals surface area contributed by atoms with Crippen molar-refractivity contribution in [1.29, 1.82) is 5.26 Å². The molecule has 0 saturated heterocycles. The first-order chi connectivity index (χ1) is 10.9. The fourth-order valence-electron chi connectivity index (χ4n) is 4.75.